The first kappa shape index (κ1) is 10.0. The van der Waals surface area contributed by atoms with Crippen LogP contribution < -0.4 is 0 Å². The predicted octanol–water partition coefficient (Wildman–Crippen LogP) is -0.807. The fourth-order valence-electron chi connectivity index (χ4n) is 0.272. The van der Waals surface area contributed by atoms with Gasteiger partial charge in [-0.25, -0.2) is 0 Å². The molecule has 0 N–H and O–H groups in total. The van der Waals surface area contributed by atoms with E-state index in [9.17, 15) is 17.0 Å². The van der Waals surface area contributed by atoms with Crippen molar-refractivity contribution in [1.29, 1.82) is 0 Å². The molecular weight excluding hydrogens is 416 g/mol. The first-order chi connectivity index (χ1) is 4.81. The Balaban J connectivity index is 3.12. The third-order valence-corrected chi connectivity index (χ3v) is 15.6. The molecule has 0 aliphatic carbocycles. The topological polar surface area (TPSA) is 113 Å². The van der Waals surface area contributed by atoms with Crippen molar-refractivity contribution in [2.75, 3.05) is 0 Å². The van der Waals surface area contributed by atoms with Crippen LogP contribution in [0.25, 0.3) is 0 Å². The van der Waals surface area contributed by atoms with Gasteiger partial charge in [0.05, 0.1) is 0 Å². The Morgan fingerprint density at radius 1 is 0.909 bits per heavy atom. The van der Waals surface area contributed by atoms with Crippen molar-refractivity contribution in [2.45, 2.75) is 0 Å². The summed E-state index contributed by atoms with van der Waals surface area (Å²) in [4.78, 5) is 0. The van der Waals surface area contributed by atoms with Gasteiger partial charge in [-0.05, 0) is 0 Å². The zero-order valence-corrected chi connectivity index (χ0v) is 10.5. The second kappa shape index (κ2) is 3.02. The Morgan fingerprint density at radius 2 is 1.27 bits per heavy atom. The summed E-state index contributed by atoms with van der Waals surface area (Å²) < 4.78 is 62.6. The van der Waals surface area contributed by atoms with Gasteiger partial charge in [0.15, 0.2) is 0 Å². The average Bonchev–Trinajstić information content (AvgIpc) is 1.49. The molecule has 1 heterocycles. The number of rotatable bonds is 0. The molecule has 1 aliphatic heterocycles. The van der Waals surface area contributed by atoms with Crippen molar-refractivity contribution in [3.63, 3.8) is 0 Å². The van der Waals surface area contributed by atoms with Crippen LogP contribution in [0.15, 0.2) is 0 Å². The Kier molecular flexibility index (Phi) is 2.75. The van der Waals surface area contributed by atoms with Gasteiger partial charge in [0.1, 0.15) is 0 Å². The molecule has 0 atom stereocenters. The Hall–Kier alpha value is 0.945. The minimum atomic E-state index is -5.70. The second-order valence-electron chi connectivity index (χ2n) is 1.22. The molecule has 0 amide bonds. The van der Waals surface area contributed by atoms with Crippen LogP contribution in [0.2, 0.25) is 0 Å². The molecule has 11 heavy (non-hydrogen) atoms. The summed E-state index contributed by atoms with van der Waals surface area (Å²) in [6, 6.07) is 0. The van der Waals surface area contributed by atoms with E-state index in [0.29, 0.717) is 0 Å². The SMILES string of the molecule is [O]=[Mo]1[O][Mo](=[O])(=[O])[O][Mo](=[O])(=[O])[O]1. The molecule has 0 radical (unpaired) electrons. The zero-order valence-electron chi connectivity index (χ0n) is 4.49. The van der Waals surface area contributed by atoms with Gasteiger partial charge in [0.25, 0.3) is 0 Å². The van der Waals surface area contributed by atoms with Crippen molar-refractivity contribution in [2.24, 2.45) is 0 Å². The summed E-state index contributed by atoms with van der Waals surface area (Å²) in [6.07, 6.45) is 0. The summed E-state index contributed by atoms with van der Waals surface area (Å²) in [6.45, 7) is 0. The van der Waals surface area contributed by atoms with Crippen LogP contribution in [0, 0.1) is 0 Å². The Labute approximate surface area is 74.0 Å². The molecule has 66 valence electrons. The van der Waals surface area contributed by atoms with E-state index in [4.69, 9.17) is 0 Å². The van der Waals surface area contributed by atoms with Gasteiger partial charge in [0, 0.05) is 0 Å². The standard InChI is InChI=1S/3Mo.8O. The molecule has 1 aliphatic rings. The quantitative estimate of drug-likeness (QED) is 0.472. The van der Waals surface area contributed by atoms with Gasteiger partial charge in [-0.3, -0.25) is 0 Å². The fourth-order valence-corrected chi connectivity index (χ4v) is 15.4. The molecule has 0 saturated carbocycles. The minimum absolute atomic E-state index is 3.49. The molecule has 1 rings (SSSR count). The van der Waals surface area contributed by atoms with Gasteiger partial charge in [0.2, 0.25) is 0 Å². The van der Waals surface area contributed by atoms with Crippen LogP contribution in [-0.4, -0.2) is 0 Å². The summed E-state index contributed by atoms with van der Waals surface area (Å²) in [7, 11) is 0. The van der Waals surface area contributed by atoms with E-state index in [1.807, 2.05) is 0 Å². The Bertz CT molecular complexity index is 330. The monoisotopic (exact) mass is 422 g/mol. The first-order valence-electron chi connectivity index (χ1n) is 1.83. The van der Waals surface area contributed by atoms with Crippen LogP contribution in [-0.2, 0) is 74.6 Å². The second-order valence-corrected chi connectivity index (χ2v) is 13.2. The van der Waals surface area contributed by atoms with Crippen LogP contribution in [0.4, 0.5) is 0 Å². The third kappa shape index (κ3) is 3.05. The van der Waals surface area contributed by atoms with Crippen LogP contribution in [0.1, 0.15) is 0 Å². The molecule has 11 heteroatoms. The van der Waals surface area contributed by atoms with E-state index in [1.165, 1.54) is 0 Å². The average molecular weight is 416 g/mol. The van der Waals surface area contributed by atoms with Crippen molar-refractivity contribution in [1.82, 2.24) is 0 Å². The van der Waals surface area contributed by atoms with E-state index in [2.05, 4.69) is 6.13 Å². The van der Waals surface area contributed by atoms with E-state index in [-0.39, 0.29) is 0 Å². The van der Waals surface area contributed by atoms with Gasteiger partial charge >= 0.3 is 74.6 Å². The molecule has 0 spiro atoms. The number of hydrogen-bond acceptors (Lipinski definition) is 8. The fraction of sp³-hybridized carbons (Fsp3) is 0. The Morgan fingerprint density at radius 3 is 1.55 bits per heavy atom. The van der Waals surface area contributed by atoms with E-state index in [1.54, 1.807) is 0 Å². The van der Waals surface area contributed by atoms with Gasteiger partial charge in [-0.2, -0.15) is 0 Å². The molecule has 0 aromatic rings. The summed E-state index contributed by atoms with van der Waals surface area (Å²) in [5.74, 6) is 0. The maximum atomic E-state index is 10.3. The van der Waals surface area contributed by atoms with Crippen molar-refractivity contribution < 1.29 is 74.6 Å². The molecular formula is Mo3O8. The molecule has 1 saturated heterocycles. The van der Waals surface area contributed by atoms with E-state index >= 15 is 0 Å². The van der Waals surface area contributed by atoms with Crippen LogP contribution >= 0.6 is 0 Å². The van der Waals surface area contributed by atoms with E-state index in [0.717, 1.165) is 0 Å². The predicted molar refractivity (Wildman–Crippen MR) is 6.69 cm³/mol. The first-order valence-corrected chi connectivity index (χ1v) is 10.8. The zero-order chi connectivity index (χ0) is 8.70. The van der Waals surface area contributed by atoms with Crippen LogP contribution in [0.3, 0.4) is 0 Å². The normalized spacial score (nSPS) is 29.8. The molecule has 8 nitrogen and oxygen atoms in total. The van der Waals surface area contributed by atoms with Crippen molar-refractivity contribution in [3.05, 3.63) is 0 Å². The van der Waals surface area contributed by atoms with Crippen molar-refractivity contribution >= 4 is 0 Å². The van der Waals surface area contributed by atoms with Gasteiger partial charge < -0.3 is 0 Å². The maximum absolute atomic E-state index is 10.3. The van der Waals surface area contributed by atoms with Gasteiger partial charge in [-0.15, -0.1) is 0 Å². The van der Waals surface area contributed by atoms with Crippen LogP contribution in [0.5, 0.6) is 0 Å². The molecule has 1 fully saturated rings. The summed E-state index contributed by atoms with van der Waals surface area (Å²) in [5, 5.41) is 0. The van der Waals surface area contributed by atoms with E-state index < -0.39 is 51.5 Å². The van der Waals surface area contributed by atoms with Gasteiger partial charge in [-0.1, -0.05) is 0 Å². The summed E-state index contributed by atoms with van der Waals surface area (Å²) >= 11 is -15.5. The number of hydrogen-bond donors (Lipinski definition) is 0. The third-order valence-electron chi connectivity index (χ3n) is 0.444. The molecule has 0 aromatic carbocycles. The molecule has 0 bridgehead atoms. The summed E-state index contributed by atoms with van der Waals surface area (Å²) in [5.41, 5.74) is 0. The molecule has 0 unspecified atom stereocenters. The molecule has 0 aromatic heterocycles. The van der Waals surface area contributed by atoms with Crippen molar-refractivity contribution in [3.8, 4) is 0 Å².